The number of fused-ring (bicyclic) bond motifs is 1. The molecule has 0 saturated carbocycles. The first-order valence-electron chi connectivity index (χ1n) is 7.47. The molecule has 1 aromatic carbocycles. The van der Waals surface area contributed by atoms with Crippen molar-refractivity contribution in [3.05, 3.63) is 41.6 Å². The molecule has 0 spiro atoms. The van der Waals surface area contributed by atoms with Crippen LogP contribution in [0.2, 0.25) is 39.3 Å². The first kappa shape index (κ1) is 15.5. The van der Waals surface area contributed by atoms with Crippen LogP contribution in [0.3, 0.4) is 0 Å². The molecule has 0 atom stereocenters. The van der Waals surface area contributed by atoms with Crippen LogP contribution >= 0.6 is 0 Å². The Hall–Kier alpha value is -0.936. The van der Waals surface area contributed by atoms with Crippen molar-refractivity contribution in [2.75, 3.05) is 0 Å². The Morgan fingerprint density at radius 3 is 2.00 bits per heavy atom. The van der Waals surface area contributed by atoms with Gasteiger partial charge >= 0.3 is 0 Å². The van der Waals surface area contributed by atoms with Crippen LogP contribution in [0.4, 0.5) is 0 Å². The Morgan fingerprint density at radius 2 is 1.45 bits per heavy atom. The molecule has 0 aliphatic heterocycles. The molecular weight excluding hydrogens is 274 g/mol. The third-order valence-electron chi connectivity index (χ3n) is 3.97. The van der Waals surface area contributed by atoms with Gasteiger partial charge in [-0.2, -0.15) is 0 Å². The molecule has 0 N–H and O–H groups in total. The average molecular weight is 302 g/mol. The predicted octanol–water partition coefficient (Wildman–Crippen LogP) is 5.38. The number of pyridine rings is 1. The molecule has 2 aromatic rings. The average Bonchev–Trinajstić information content (AvgIpc) is 2.26. The van der Waals surface area contributed by atoms with E-state index in [0.29, 0.717) is 5.16 Å². The summed E-state index contributed by atoms with van der Waals surface area (Å²) in [6.07, 6.45) is 0. The molecule has 0 bridgehead atoms. The number of nitrogens with zero attached hydrogens (tertiary/aromatic N) is 1. The molecule has 1 aromatic heterocycles. The first-order chi connectivity index (χ1) is 9.10. The molecule has 2 rings (SSSR count). The summed E-state index contributed by atoms with van der Waals surface area (Å²) in [6, 6.07) is 11.0. The van der Waals surface area contributed by atoms with Gasteiger partial charge in [0.2, 0.25) is 0 Å². The van der Waals surface area contributed by atoms with Gasteiger partial charge in [0.25, 0.3) is 0 Å². The minimum absolute atomic E-state index is 0.707. The molecule has 3 heteroatoms. The lowest BCUT2D eigenvalue weighted by atomic mass is 10.1. The second-order valence-corrected chi connectivity index (χ2v) is 19.2. The Bertz CT molecular complexity index is 607. The van der Waals surface area contributed by atoms with E-state index in [1.165, 1.54) is 22.2 Å². The standard InChI is InChI=1S/C17H27NSi2/c1-13-9-8-10-14-11-12-15(18-16(13)14)17(19(2,3)4)20(5,6)7/h8-12,17H,1-7H3. The molecule has 0 saturated heterocycles. The highest BCUT2D eigenvalue weighted by Crippen LogP contribution is 2.35. The van der Waals surface area contributed by atoms with E-state index in [9.17, 15) is 0 Å². The van der Waals surface area contributed by atoms with Crippen LogP contribution in [-0.4, -0.2) is 21.1 Å². The summed E-state index contributed by atoms with van der Waals surface area (Å²) in [5.74, 6) is 0. The lowest BCUT2D eigenvalue weighted by Crippen LogP contribution is -2.46. The van der Waals surface area contributed by atoms with Crippen molar-refractivity contribution in [1.82, 2.24) is 4.98 Å². The summed E-state index contributed by atoms with van der Waals surface area (Å²) >= 11 is 0. The molecule has 0 unspecified atom stereocenters. The van der Waals surface area contributed by atoms with Crippen LogP contribution in [-0.2, 0) is 0 Å². The summed E-state index contributed by atoms with van der Waals surface area (Å²) in [6.45, 7) is 17.1. The molecule has 0 aliphatic carbocycles. The van der Waals surface area contributed by atoms with Crippen molar-refractivity contribution in [2.24, 2.45) is 0 Å². The Kier molecular flexibility index (Phi) is 3.95. The quantitative estimate of drug-likeness (QED) is 0.693. The highest BCUT2D eigenvalue weighted by Gasteiger charge is 2.39. The topological polar surface area (TPSA) is 12.9 Å². The van der Waals surface area contributed by atoms with Crippen LogP contribution < -0.4 is 0 Å². The highest BCUT2D eigenvalue weighted by atomic mass is 28.4. The Morgan fingerprint density at radius 1 is 0.850 bits per heavy atom. The molecule has 0 fully saturated rings. The SMILES string of the molecule is Cc1cccc2ccc(C([Si](C)(C)C)[Si](C)(C)C)nc12. The number of hydrogen-bond donors (Lipinski definition) is 0. The van der Waals surface area contributed by atoms with Crippen molar-refractivity contribution in [1.29, 1.82) is 0 Å². The molecule has 0 radical (unpaired) electrons. The van der Waals surface area contributed by atoms with E-state index in [0.717, 1.165) is 0 Å². The fourth-order valence-electron chi connectivity index (χ4n) is 3.66. The van der Waals surface area contributed by atoms with Gasteiger partial charge in [0.1, 0.15) is 0 Å². The van der Waals surface area contributed by atoms with Gasteiger partial charge in [0.05, 0.1) is 21.7 Å². The number of benzene rings is 1. The second kappa shape index (κ2) is 5.12. The van der Waals surface area contributed by atoms with Gasteiger partial charge in [0.15, 0.2) is 0 Å². The normalized spacial score (nSPS) is 13.2. The number of aromatic nitrogens is 1. The zero-order chi connectivity index (χ0) is 15.1. The minimum Gasteiger partial charge on any atom is -0.253 e. The highest BCUT2D eigenvalue weighted by molar-refractivity contribution is 6.96. The minimum atomic E-state index is -1.27. The first-order valence-corrected chi connectivity index (χ1v) is 14.6. The predicted molar refractivity (Wildman–Crippen MR) is 95.9 cm³/mol. The summed E-state index contributed by atoms with van der Waals surface area (Å²) in [4.78, 5) is 5.08. The van der Waals surface area contributed by atoms with E-state index < -0.39 is 16.1 Å². The van der Waals surface area contributed by atoms with E-state index in [1.54, 1.807) is 0 Å². The molecule has 20 heavy (non-hydrogen) atoms. The lowest BCUT2D eigenvalue weighted by Gasteiger charge is -2.38. The maximum absolute atomic E-state index is 5.08. The zero-order valence-corrected chi connectivity index (χ0v) is 15.9. The summed E-state index contributed by atoms with van der Waals surface area (Å²) in [7, 11) is -2.54. The lowest BCUT2D eigenvalue weighted by molar-refractivity contribution is 1.09. The van der Waals surface area contributed by atoms with Crippen molar-refractivity contribution in [3.8, 4) is 0 Å². The summed E-state index contributed by atoms with van der Waals surface area (Å²) in [5.41, 5.74) is 3.81. The zero-order valence-electron chi connectivity index (χ0n) is 13.9. The van der Waals surface area contributed by atoms with Gasteiger partial charge < -0.3 is 0 Å². The van der Waals surface area contributed by atoms with E-state index >= 15 is 0 Å². The van der Waals surface area contributed by atoms with Crippen molar-refractivity contribution >= 4 is 27.1 Å². The summed E-state index contributed by atoms with van der Waals surface area (Å²) < 4.78 is 0. The smallest absolute Gasteiger partial charge is 0.0734 e. The monoisotopic (exact) mass is 301 g/mol. The number of para-hydroxylation sites is 1. The molecular formula is C17H27NSi2. The number of hydrogen-bond acceptors (Lipinski definition) is 1. The number of aryl methyl sites for hydroxylation is 1. The number of rotatable bonds is 3. The molecule has 0 amide bonds. The fraction of sp³-hybridized carbons (Fsp3) is 0.471. The van der Waals surface area contributed by atoms with E-state index in [4.69, 9.17) is 4.98 Å². The van der Waals surface area contributed by atoms with Crippen LogP contribution in [0.15, 0.2) is 30.3 Å². The van der Waals surface area contributed by atoms with Crippen molar-refractivity contribution < 1.29 is 0 Å². The third-order valence-corrected chi connectivity index (χ3v) is 13.2. The van der Waals surface area contributed by atoms with Gasteiger partial charge in [-0.25, -0.2) is 0 Å². The third kappa shape index (κ3) is 3.04. The van der Waals surface area contributed by atoms with Crippen LogP contribution in [0.25, 0.3) is 10.9 Å². The molecule has 108 valence electrons. The van der Waals surface area contributed by atoms with Crippen LogP contribution in [0, 0.1) is 6.92 Å². The van der Waals surface area contributed by atoms with Crippen molar-refractivity contribution in [3.63, 3.8) is 0 Å². The molecule has 1 heterocycles. The van der Waals surface area contributed by atoms with Gasteiger partial charge in [-0.05, 0) is 23.7 Å². The van der Waals surface area contributed by atoms with Gasteiger partial charge in [0, 0.05) is 11.1 Å². The Balaban J connectivity index is 2.64. The van der Waals surface area contributed by atoms with Crippen LogP contribution in [0.5, 0.6) is 0 Å². The van der Waals surface area contributed by atoms with E-state index in [1.807, 2.05) is 0 Å². The summed E-state index contributed by atoms with van der Waals surface area (Å²) in [5, 5.41) is 1.97. The maximum Gasteiger partial charge on any atom is 0.0734 e. The molecule has 1 nitrogen and oxygen atoms in total. The van der Waals surface area contributed by atoms with Gasteiger partial charge in [-0.1, -0.05) is 63.5 Å². The molecule has 0 aliphatic rings. The Labute approximate surface area is 125 Å². The second-order valence-electron chi connectivity index (χ2n) is 8.05. The van der Waals surface area contributed by atoms with E-state index in [-0.39, 0.29) is 0 Å². The largest absolute Gasteiger partial charge is 0.253 e. The fourth-order valence-corrected chi connectivity index (χ4v) is 16.1. The van der Waals surface area contributed by atoms with Crippen molar-refractivity contribution in [2.45, 2.75) is 51.4 Å². The van der Waals surface area contributed by atoms with Crippen LogP contribution in [0.1, 0.15) is 16.4 Å². The van der Waals surface area contributed by atoms with Gasteiger partial charge in [-0.15, -0.1) is 0 Å². The van der Waals surface area contributed by atoms with E-state index in [2.05, 4.69) is 76.5 Å². The maximum atomic E-state index is 5.08. The van der Waals surface area contributed by atoms with Gasteiger partial charge in [-0.3, -0.25) is 4.98 Å².